The first-order valence-corrected chi connectivity index (χ1v) is 9.45. The van der Waals surface area contributed by atoms with Crippen molar-refractivity contribution in [3.63, 3.8) is 0 Å². The highest BCUT2D eigenvalue weighted by Gasteiger charge is 2.37. The number of nitrogens with zero attached hydrogens (tertiary/aromatic N) is 3. The molecule has 4 heterocycles. The van der Waals surface area contributed by atoms with Crippen LogP contribution < -0.4 is 10.1 Å². The van der Waals surface area contributed by atoms with Gasteiger partial charge in [0.05, 0.1) is 13.2 Å². The number of carbonyl (C=O) groups is 1. The Kier molecular flexibility index (Phi) is 4.42. The Hall–Kier alpha value is -2.37. The summed E-state index contributed by atoms with van der Waals surface area (Å²) in [6, 6.07) is 5.73. The summed E-state index contributed by atoms with van der Waals surface area (Å²) in [5, 5.41) is 3.32. The topological polar surface area (TPSA) is 66.8 Å². The average molecular weight is 354 g/mol. The molecule has 1 amide bonds. The quantitative estimate of drug-likeness (QED) is 0.778. The van der Waals surface area contributed by atoms with Gasteiger partial charge in [-0.2, -0.15) is 4.98 Å². The van der Waals surface area contributed by atoms with Gasteiger partial charge in [0.25, 0.3) is 0 Å². The molecule has 0 atom stereocenters. The van der Waals surface area contributed by atoms with Crippen molar-refractivity contribution in [3.05, 3.63) is 29.3 Å². The summed E-state index contributed by atoms with van der Waals surface area (Å²) in [7, 11) is 0. The molecule has 1 aromatic heterocycles. The zero-order valence-electron chi connectivity index (χ0n) is 15.5. The Balaban J connectivity index is 1.59. The minimum absolute atomic E-state index is 0.245. The number of hydrogen-bond donors (Lipinski definition) is 1. The summed E-state index contributed by atoms with van der Waals surface area (Å²) in [5.74, 6) is 2.45. The van der Waals surface area contributed by atoms with E-state index in [-0.39, 0.29) is 11.3 Å². The maximum atomic E-state index is 13.0. The second-order valence-electron chi connectivity index (χ2n) is 7.94. The summed E-state index contributed by atoms with van der Waals surface area (Å²) in [5.41, 5.74) is 2.07. The van der Waals surface area contributed by atoms with Crippen molar-refractivity contribution in [2.45, 2.75) is 39.5 Å². The minimum atomic E-state index is -0.325. The smallest absolute Gasteiger partial charge is 0.228 e. The van der Waals surface area contributed by atoms with Gasteiger partial charge in [0.2, 0.25) is 11.8 Å². The van der Waals surface area contributed by atoms with E-state index in [1.165, 1.54) is 5.57 Å². The molecule has 4 bridgehead atoms. The van der Waals surface area contributed by atoms with E-state index in [4.69, 9.17) is 4.74 Å². The molecule has 6 nitrogen and oxygen atoms in total. The fourth-order valence-electron chi connectivity index (χ4n) is 3.84. The van der Waals surface area contributed by atoms with Crippen LogP contribution in [0.2, 0.25) is 0 Å². The van der Waals surface area contributed by atoms with Crippen LogP contribution in [0.5, 0.6) is 5.88 Å². The number of amidine groups is 1. The third kappa shape index (κ3) is 3.32. The first kappa shape index (κ1) is 17.1. The molecule has 0 aromatic carbocycles. The summed E-state index contributed by atoms with van der Waals surface area (Å²) < 4.78 is 5.78. The van der Waals surface area contributed by atoms with Crippen LogP contribution >= 0.6 is 0 Å². The van der Waals surface area contributed by atoms with E-state index < -0.39 is 0 Å². The van der Waals surface area contributed by atoms with Gasteiger partial charge in [0.15, 0.2) is 0 Å². The molecule has 1 N–H and O–H groups in total. The molecule has 0 fully saturated rings. The molecule has 0 radical (unpaired) electrons. The van der Waals surface area contributed by atoms with Gasteiger partial charge >= 0.3 is 0 Å². The molecule has 3 aliphatic heterocycles. The minimum Gasteiger partial charge on any atom is -0.478 e. The lowest BCUT2D eigenvalue weighted by atomic mass is 9.85. The van der Waals surface area contributed by atoms with Gasteiger partial charge in [-0.05, 0) is 24.5 Å². The second kappa shape index (κ2) is 6.74. The van der Waals surface area contributed by atoms with E-state index in [0.717, 1.165) is 42.9 Å². The lowest BCUT2D eigenvalue weighted by Crippen LogP contribution is -2.41. The van der Waals surface area contributed by atoms with Crippen LogP contribution in [0.25, 0.3) is 0 Å². The van der Waals surface area contributed by atoms with Gasteiger partial charge in [0, 0.05) is 30.1 Å². The molecule has 26 heavy (non-hydrogen) atoms. The van der Waals surface area contributed by atoms with Crippen molar-refractivity contribution in [1.82, 2.24) is 9.88 Å². The third-order valence-corrected chi connectivity index (χ3v) is 5.40. The van der Waals surface area contributed by atoms with Gasteiger partial charge in [-0.3, -0.25) is 9.79 Å². The van der Waals surface area contributed by atoms with Crippen molar-refractivity contribution in [2.75, 3.05) is 31.6 Å². The monoisotopic (exact) mass is 354 g/mol. The van der Waals surface area contributed by atoms with Crippen molar-refractivity contribution in [3.8, 4) is 5.88 Å². The van der Waals surface area contributed by atoms with Crippen LogP contribution in [-0.2, 0) is 4.79 Å². The molecule has 0 unspecified atom stereocenters. The SMILES string of the molecule is CC1(C)CCCCCOc2cccc(n2)NC2=NCC3=C2CN(C3)C1=O. The van der Waals surface area contributed by atoms with Crippen molar-refractivity contribution >= 4 is 17.6 Å². The number of pyridine rings is 1. The molecule has 0 saturated heterocycles. The zero-order chi connectivity index (χ0) is 18.1. The number of nitrogens with one attached hydrogen (secondary N) is 1. The van der Waals surface area contributed by atoms with Crippen LogP contribution in [0, 0.1) is 5.41 Å². The molecule has 6 heteroatoms. The number of anilines is 1. The normalized spacial score (nSPS) is 22.8. The number of rotatable bonds is 0. The number of aliphatic imine (C=N–C) groups is 1. The molecular weight excluding hydrogens is 328 g/mol. The fraction of sp³-hybridized carbons (Fsp3) is 0.550. The van der Waals surface area contributed by atoms with E-state index >= 15 is 0 Å². The van der Waals surface area contributed by atoms with E-state index in [2.05, 4.69) is 29.1 Å². The third-order valence-electron chi connectivity index (χ3n) is 5.40. The van der Waals surface area contributed by atoms with Crippen molar-refractivity contribution < 1.29 is 9.53 Å². The summed E-state index contributed by atoms with van der Waals surface area (Å²) in [6.07, 6.45) is 3.96. The van der Waals surface area contributed by atoms with E-state index in [9.17, 15) is 4.79 Å². The number of ether oxygens (including phenoxy) is 1. The fourth-order valence-corrected chi connectivity index (χ4v) is 3.84. The molecule has 3 aliphatic rings. The molecular formula is C20H26N4O2. The maximum Gasteiger partial charge on any atom is 0.228 e. The molecule has 0 saturated carbocycles. The first-order chi connectivity index (χ1) is 12.5. The molecule has 0 aliphatic carbocycles. The van der Waals surface area contributed by atoms with Crippen LogP contribution in [0.4, 0.5) is 5.82 Å². The van der Waals surface area contributed by atoms with Crippen LogP contribution in [0.1, 0.15) is 39.5 Å². The number of amides is 1. The second-order valence-corrected chi connectivity index (χ2v) is 7.94. The highest BCUT2D eigenvalue weighted by Crippen LogP contribution is 2.32. The lowest BCUT2D eigenvalue weighted by Gasteiger charge is -2.30. The first-order valence-electron chi connectivity index (χ1n) is 9.45. The van der Waals surface area contributed by atoms with Crippen molar-refractivity contribution in [2.24, 2.45) is 10.4 Å². The van der Waals surface area contributed by atoms with Gasteiger partial charge in [-0.25, -0.2) is 0 Å². The van der Waals surface area contributed by atoms with Crippen LogP contribution in [0.3, 0.4) is 0 Å². The molecule has 1 aromatic rings. The Labute approximate surface area is 154 Å². The van der Waals surface area contributed by atoms with E-state index in [0.29, 0.717) is 32.1 Å². The van der Waals surface area contributed by atoms with Crippen molar-refractivity contribution in [1.29, 1.82) is 0 Å². The lowest BCUT2D eigenvalue weighted by molar-refractivity contribution is -0.139. The predicted octanol–water partition coefficient (Wildman–Crippen LogP) is 3.02. The Morgan fingerprint density at radius 2 is 2.08 bits per heavy atom. The maximum absolute atomic E-state index is 13.0. The molecule has 4 rings (SSSR count). The van der Waals surface area contributed by atoms with Gasteiger partial charge < -0.3 is 15.0 Å². The Morgan fingerprint density at radius 3 is 2.96 bits per heavy atom. The van der Waals surface area contributed by atoms with Crippen LogP contribution in [-0.4, -0.2) is 47.9 Å². The predicted molar refractivity (Wildman–Crippen MR) is 102 cm³/mol. The molecule has 138 valence electrons. The number of carbonyl (C=O) groups excluding carboxylic acids is 1. The van der Waals surface area contributed by atoms with E-state index in [1.54, 1.807) is 0 Å². The number of hydrogen-bond acceptors (Lipinski definition) is 5. The highest BCUT2D eigenvalue weighted by atomic mass is 16.5. The highest BCUT2D eigenvalue weighted by molar-refractivity contribution is 6.11. The number of fused-ring (bicyclic) bond motifs is 3. The average Bonchev–Trinajstić information content (AvgIpc) is 3.19. The Morgan fingerprint density at radius 1 is 1.19 bits per heavy atom. The summed E-state index contributed by atoms with van der Waals surface area (Å²) in [6.45, 7) is 6.79. The van der Waals surface area contributed by atoms with E-state index in [1.807, 2.05) is 23.1 Å². The molecule has 0 spiro atoms. The zero-order valence-corrected chi connectivity index (χ0v) is 15.5. The van der Waals surface area contributed by atoms with Gasteiger partial charge in [-0.1, -0.05) is 32.8 Å². The standard InChI is InChI=1S/C20H26N4O2/c1-20(2)9-4-3-5-10-26-17-8-6-7-16(22-17)23-18-15-13-24(19(20)25)12-14(15)11-21-18/h6-8H,3-5,9-13H2,1-2H3,(H,21,22,23). The van der Waals surface area contributed by atoms with Crippen LogP contribution in [0.15, 0.2) is 34.3 Å². The van der Waals surface area contributed by atoms with Gasteiger partial charge in [-0.15, -0.1) is 0 Å². The largest absolute Gasteiger partial charge is 0.478 e. The number of aromatic nitrogens is 1. The van der Waals surface area contributed by atoms with Gasteiger partial charge in [0.1, 0.15) is 11.7 Å². The summed E-state index contributed by atoms with van der Waals surface area (Å²) >= 11 is 0. The Bertz CT molecular complexity index is 782. The summed E-state index contributed by atoms with van der Waals surface area (Å²) in [4.78, 5) is 24.2.